The Morgan fingerprint density at radius 3 is 3.06 bits per heavy atom. The van der Waals surface area contributed by atoms with Gasteiger partial charge in [0, 0.05) is 30.7 Å². The lowest BCUT2D eigenvalue weighted by molar-refractivity contribution is 0.0562. The highest BCUT2D eigenvalue weighted by atomic mass is 16.2. The minimum absolute atomic E-state index is 0.209. The van der Waals surface area contributed by atoms with Gasteiger partial charge in [0.25, 0.3) is 5.91 Å². The highest BCUT2D eigenvalue weighted by Gasteiger charge is 2.35. The van der Waals surface area contributed by atoms with Gasteiger partial charge in [-0.25, -0.2) is 0 Å². The predicted octanol–water partition coefficient (Wildman–Crippen LogP) is 1.05. The largest absolute Gasteiger partial charge is 0.332 e. The second kappa shape index (κ2) is 3.59. The SMILES string of the molecule is C[C@@H]1CN2C(=O)c3ccccc3CC2CN1. The number of hydrogen-bond donors (Lipinski definition) is 1. The molecule has 16 heavy (non-hydrogen) atoms. The number of amides is 1. The molecule has 2 aliphatic heterocycles. The molecule has 3 heteroatoms. The molecule has 1 saturated heterocycles. The average molecular weight is 216 g/mol. The minimum Gasteiger partial charge on any atom is -0.332 e. The first-order chi connectivity index (χ1) is 7.75. The van der Waals surface area contributed by atoms with Crippen molar-refractivity contribution in [3.05, 3.63) is 35.4 Å². The standard InChI is InChI=1S/C13H16N2O/c1-9-8-15-11(7-14-9)6-10-4-2-3-5-12(10)13(15)16/h2-5,9,11,14H,6-8H2,1H3/t9-,11?/m1/s1. The van der Waals surface area contributed by atoms with Crippen LogP contribution in [0.1, 0.15) is 22.8 Å². The molecule has 3 nitrogen and oxygen atoms in total. The summed E-state index contributed by atoms with van der Waals surface area (Å²) < 4.78 is 0. The summed E-state index contributed by atoms with van der Waals surface area (Å²) in [6.07, 6.45) is 0.988. The van der Waals surface area contributed by atoms with E-state index in [1.54, 1.807) is 0 Å². The summed E-state index contributed by atoms with van der Waals surface area (Å²) in [5.41, 5.74) is 2.10. The lowest BCUT2D eigenvalue weighted by Crippen LogP contribution is -2.59. The van der Waals surface area contributed by atoms with Crippen LogP contribution in [0.5, 0.6) is 0 Å². The van der Waals surface area contributed by atoms with Crippen molar-refractivity contribution in [2.45, 2.75) is 25.4 Å². The number of fused-ring (bicyclic) bond motifs is 2. The average Bonchev–Trinajstić information content (AvgIpc) is 2.31. The van der Waals surface area contributed by atoms with Crippen molar-refractivity contribution in [3.8, 4) is 0 Å². The topological polar surface area (TPSA) is 32.3 Å². The van der Waals surface area contributed by atoms with Crippen LogP contribution in [0.25, 0.3) is 0 Å². The fraction of sp³-hybridized carbons (Fsp3) is 0.462. The zero-order chi connectivity index (χ0) is 11.1. The van der Waals surface area contributed by atoms with Gasteiger partial charge in [-0.15, -0.1) is 0 Å². The van der Waals surface area contributed by atoms with Crippen molar-refractivity contribution in [2.24, 2.45) is 0 Å². The quantitative estimate of drug-likeness (QED) is 0.703. The molecule has 2 atom stereocenters. The monoisotopic (exact) mass is 216 g/mol. The molecule has 2 heterocycles. The lowest BCUT2D eigenvalue weighted by Gasteiger charge is -2.42. The van der Waals surface area contributed by atoms with Gasteiger partial charge in [-0.1, -0.05) is 18.2 Å². The number of carbonyl (C=O) groups is 1. The number of benzene rings is 1. The minimum atomic E-state index is 0.209. The summed E-state index contributed by atoms with van der Waals surface area (Å²) in [5.74, 6) is 0.209. The van der Waals surface area contributed by atoms with E-state index in [9.17, 15) is 4.79 Å². The van der Waals surface area contributed by atoms with Crippen LogP contribution in [-0.4, -0.2) is 36.0 Å². The first-order valence-corrected chi connectivity index (χ1v) is 5.88. The molecule has 1 N–H and O–H groups in total. The maximum absolute atomic E-state index is 12.3. The third kappa shape index (κ3) is 1.43. The Balaban J connectivity index is 1.98. The van der Waals surface area contributed by atoms with E-state index < -0.39 is 0 Å². The molecule has 3 rings (SSSR count). The lowest BCUT2D eigenvalue weighted by atomic mass is 9.91. The zero-order valence-electron chi connectivity index (χ0n) is 9.44. The van der Waals surface area contributed by atoms with Gasteiger partial charge < -0.3 is 10.2 Å². The Labute approximate surface area is 95.4 Å². The first kappa shape index (κ1) is 9.85. The van der Waals surface area contributed by atoms with Crippen molar-refractivity contribution in [2.75, 3.05) is 13.1 Å². The number of carbonyl (C=O) groups excluding carboxylic acids is 1. The van der Waals surface area contributed by atoms with E-state index in [1.807, 2.05) is 23.1 Å². The second-order valence-corrected chi connectivity index (χ2v) is 4.78. The number of piperazine rings is 1. The van der Waals surface area contributed by atoms with Crippen LogP contribution >= 0.6 is 0 Å². The Morgan fingerprint density at radius 1 is 1.38 bits per heavy atom. The van der Waals surface area contributed by atoms with Crippen LogP contribution in [0.2, 0.25) is 0 Å². The zero-order valence-corrected chi connectivity index (χ0v) is 9.44. The predicted molar refractivity (Wildman–Crippen MR) is 62.4 cm³/mol. The number of nitrogens with one attached hydrogen (secondary N) is 1. The van der Waals surface area contributed by atoms with Gasteiger partial charge in [-0.2, -0.15) is 0 Å². The normalized spacial score (nSPS) is 28.6. The fourth-order valence-corrected chi connectivity index (χ4v) is 2.70. The van der Waals surface area contributed by atoms with Crippen molar-refractivity contribution < 1.29 is 4.79 Å². The van der Waals surface area contributed by atoms with E-state index in [1.165, 1.54) is 5.56 Å². The van der Waals surface area contributed by atoms with E-state index in [4.69, 9.17) is 0 Å². The molecule has 84 valence electrons. The highest BCUT2D eigenvalue weighted by Crippen LogP contribution is 2.24. The first-order valence-electron chi connectivity index (χ1n) is 5.88. The van der Waals surface area contributed by atoms with Crippen LogP contribution in [0.4, 0.5) is 0 Å². The molecular formula is C13H16N2O. The van der Waals surface area contributed by atoms with Gasteiger partial charge in [0.1, 0.15) is 0 Å². The van der Waals surface area contributed by atoms with E-state index in [0.29, 0.717) is 12.1 Å². The van der Waals surface area contributed by atoms with E-state index in [0.717, 1.165) is 25.1 Å². The molecule has 0 aromatic heterocycles. The van der Waals surface area contributed by atoms with Gasteiger partial charge >= 0.3 is 0 Å². The second-order valence-electron chi connectivity index (χ2n) is 4.78. The summed E-state index contributed by atoms with van der Waals surface area (Å²) >= 11 is 0. The van der Waals surface area contributed by atoms with Gasteiger partial charge in [0.2, 0.25) is 0 Å². The molecule has 0 radical (unpaired) electrons. The van der Waals surface area contributed by atoms with Crippen LogP contribution in [-0.2, 0) is 6.42 Å². The summed E-state index contributed by atoms with van der Waals surface area (Å²) in [6.45, 7) is 3.88. The van der Waals surface area contributed by atoms with Crippen molar-refractivity contribution in [3.63, 3.8) is 0 Å². The number of hydrogen-bond acceptors (Lipinski definition) is 2. The summed E-state index contributed by atoms with van der Waals surface area (Å²) in [6, 6.07) is 8.73. The molecule has 1 fully saturated rings. The summed E-state index contributed by atoms with van der Waals surface area (Å²) in [5, 5.41) is 3.44. The van der Waals surface area contributed by atoms with Gasteiger partial charge in [-0.3, -0.25) is 4.79 Å². The number of nitrogens with zero attached hydrogens (tertiary/aromatic N) is 1. The van der Waals surface area contributed by atoms with Crippen molar-refractivity contribution >= 4 is 5.91 Å². The Kier molecular flexibility index (Phi) is 2.21. The van der Waals surface area contributed by atoms with E-state index >= 15 is 0 Å². The Bertz CT molecular complexity index is 430. The maximum Gasteiger partial charge on any atom is 0.254 e. The Hall–Kier alpha value is -1.35. The van der Waals surface area contributed by atoms with Gasteiger partial charge in [0.05, 0.1) is 0 Å². The van der Waals surface area contributed by atoms with Gasteiger partial charge in [-0.05, 0) is 25.0 Å². The molecule has 0 saturated carbocycles. The molecular weight excluding hydrogens is 200 g/mol. The highest BCUT2D eigenvalue weighted by molar-refractivity contribution is 5.97. The van der Waals surface area contributed by atoms with E-state index in [-0.39, 0.29) is 5.91 Å². The van der Waals surface area contributed by atoms with Crippen LogP contribution < -0.4 is 5.32 Å². The molecule has 1 amide bonds. The van der Waals surface area contributed by atoms with Crippen molar-refractivity contribution in [1.29, 1.82) is 0 Å². The smallest absolute Gasteiger partial charge is 0.254 e. The fourth-order valence-electron chi connectivity index (χ4n) is 2.70. The molecule has 0 aliphatic carbocycles. The molecule has 1 aromatic rings. The third-order valence-electron chi connectivity index (χ3n) is 3.58. The van der Waals surface area contributed by atoms with E-state index in [2.05, 4.69) is 18.3 Å². The van der Waals surface area contributed by atoms with Gasteiger partial charge in [0.15, 0.2) is 0 Å². The Morgan fingerprint density at radius 2 is 2.19 bits per heavy atom. The number of rotatable bonds is 0. The molecule has 1 unspecified atom stereocenters. The molecule has 2 aliphatic rings. The molecule has 0 bridgehead atoms. The maximum atomic E-state index is 12.3. The summed E-state index contributed by atoms with van der Waals surface area (Å²) in [7, 11) is 0. The molecule has 0 spiro atoms. The van der Waals surface area contributed by atoms with Crippen LogP contribution in [0.3, 0.4) is 0 Å². The summed E-state index contributed by atoms with van der Waals surface area (Å²) in [4.78, 5) is 14.3. The third-order valence-corrected chi connectivity index (χ3v) is 3.58. The van der Waals surface area contributed by atoms with Crippen LogP contribution in [0, 0.1) is 0 Å². The van der Waals surface area contributed by atoms with Crippen LogP contribution in [0.15, 0.2) is 24.3 Å². The molecule has 1 aromatic carbocycles. The van der Waals surface area contributed by atoms with Crippen molar-refractivity contribution in [1.82, 2.24) is 10.2 Å².